The molecule has 1 amide bonds. The summed E-state index contributed by atoms with van der Waals surface area (Å²) < 4.78 is 36.6. The van der Waals surface area contributed by atoms with Crippen LogP contribution in [0.25, 0.3) is 0 Å². The zero-order chi connectivity index (χ0) is 12.5. The Labute approximate surface area is 95.2 Å². The molecule has 0 aromatic carbocycles. The number of nitrogens with one attached hydrogen (secondary N) is 2. The minimum absolute atomic E-state index is 0.114. The van der Waals surface area contributed by atoms with Crippen molar-refractivity contribution >= 4 is 11.6 Å². The van der Waals surface area contributed by atoms with Gasteiger partial charge in [-0.3, -0.25) is 4.79 Å². The highest BCUT2D eigenvalue weighted by atomic mass is 19.4. The zero-order valence-electron chi connectivity index (χ0n) is 8.71. The Morgan fingerprint density at radius 3 is 2.53 bits per heavy atom. The second-order valence-corrected chi connectivity index (χ2v) is 3.77. The van der Waals surface area contributed by atoms with E-state index in [1.54, 1.807) is 0 Å². The summed E-state index contributed by atoms with van der Waals surface area (Å²) in [5.74, 6) is -0.317. The molecule has 0 radical (unpaired) electrons. The first-order valence-corrected chi connectivity index (χ1v) is 5.01. The standard InChI is InChI=1S/C10H10F3N3O/c11-10(12,13)8-2-1-7(5-15-8)16-9(17)6-3-14-4-6/h1-2,5-6,14H,3-4H2,(H,16,17). The van der Waals surface area contributed by atoms with E-state index in [2.05, 4.69) is 15.6 Å². The lowest BCUT2D eigenvalue weighted by Gasteiger charge is -2.25. The van der Waals surface area contributed by atoms with Crippen LogP contribution in [0.1, 0.15) is 5.69 Å². The minimum Gasteiger partial charge on any atom is -0.324 e. The molecule has 7 heteroatoms. The van der Waals surface area contributed by atoms with Crippen LogP contribution in [0.15, 0.2) is 18.3 Å². The number of halogens is 3. The van der Waals surface area contributed by atoms with Crippen molar-refractivity contribution in [2.75, 3.05) is 18.4 Å². The van der Waals surface area contributed by atoms with Crippen molar-refractivity contribution in [2.24, 2.45) is 5.92 Å². The average molecular weight is 245 g/mol. The Morgan fingerprint density at radius 2 is 2.12 bits per heavy atom. The van der Waals surface area contributed by atoms with E-state index < -0.39 is 11.9 Å². The maximum Gasteiger partial charge on any atom is 0.433 e. The van der Waals surface area contributed by atoms with Crippen LogP contribution in [-0.2, 0) is 11.0 Å². The summed E-state index contributed by atoms with van der Waals surface area (Å²) in [5.41, 5.74) is -0.698. The van der Waals surface area contributed by atoms with Crippen LogP contribution in [0.4, 0.5) is 18.9 Å². The molecule has 1 aliphatic rings. The first-order chi connectivity index (χ1) is 7.97. The lowest BCUT2D eigenvalue weighted by molar-refractivity contribution is -0.141. The van der Waals surface area contributed by atoms with Gasteiger partial charge in [0.15, 0.2) is 0 Å². The van der Waals surface area contributed by atoms with Gasteiger partial charge in [-0.2, -0.15) is 13.2 Å². The Morgan fingerprint density at radius 1 is 1.41 bits per heavy atom. The zero-order valence-corrected chi connectivity index (χ0v) is 8.71. The van der Waals surface area contributed by atoms with E-state index in [9.17, 15) is 18.0 Å². The quantitative estimate of drug-likeness (QED) is 0.824. The van der Waals surface area contributed by atoms with Crippen molar-refractivity contribution in [3.05, 3.63) is 24.0 Å². The summed E-state index contributed by atoms with van der Waals surface area (Å²) in [6.07, 6.45) is -3.45. The van der Waals surface area contributed by atoms with Crippen LogP contribution in [0.2, 0.25) is 0 Å². The molecule has 0 saturated carbocycles. The van der Waals surface area contributed by atoms with Gasteiger partial charge in [0.05, 0.1) is 17.8 Å². The highest BCUT2D eigenvalue weighted by molar-refractivity contribution is 5.93. The largest absolute Gasteiger partial charge is 0.433 e. The van der Waals surface area contributed by atoms with E-state index >= 15 is 0 Å². The summed E-state index contributed by atoms with van der Waals surface area (Å²) in [7, 11) is 0. The van der Waals surface area contributed by atoms with Gasteiger partial charge < -0.3 is 10.6 Å². The highest BCUT2D eigenvalue weighted by Crippen LogP contribution is 2.27. The van der Waals surface area contributed by atoms with Crippen molar-refractivity contribution < 1.29 is 18.0 Å². The Kier molecular flexibility index (Phi) is 3.01. The number of pyridine rings is 1. The van der Waals surface area contributed by atoms with Crippen LogP contribution in [0.5, 0.6) is 0 Å². The smallest absolute Gasteiger partial charge is 0.324 e. The van der Waals surface area contributed by atoms with Gasteiger partial charge in [-0.25, -0.2) is 4.98 Å². The molecule has 0 unspecified atom stereocenters. The number of carbonyl (C=O) groups is 1. The van der Waals surface area contributed by atoms with E-state index in [1.807, 2.05) is 0 Å². The van der Waals surface area contributed by atoms with Crippen molar-refractivity contribution in [1.29, 1.82) is 0 Å². The molecule has 0 bridgehead atoms. The van der Waals surface area contributed by atoms with E-state index in [0.29, 0.717) is 13.1 Å². The fraction of sp³-hybridized carbons (Fsp3) is 0.400. The predicted octanol–water partition coefficient (Wildman–Crippen LogP) is 1.26. The Balaban J connectivity index is 2.00. The van der Waals surface area contributed by atoms with Gasteiger partial charge in [-0.15, -0.1) is 0 Å². The van der Waals surface area contributed by atoms with Crippen LogP contribution >= 0.6 is 0 Å². The molecule has 2 N–H and O–H groups in total. The number of rotatable bonds is 2. The normalized spacial score (nSPS) is 16.4. The van der Waals surface area contributed by atoms with Gasteiger partial charge in [0.2, 0.25) is 5.91 Å². The number of anilines is 1. The van der Waals surface area contributed by atoms with Crippen molar-refractivity contribution in [3.63, 3.8) is 0 Å². The molecule has 2 rings (SSSR count). The SMILES string of the molecule is O=C(Nc1ccc(C(F)(F)F)nc1)C1CNC1. The molecule has 1 fully saturated rings. The molecule has 17 heavy (non-hydrogen) atoms. The van der Waals surface area contributed by atoms with Crippen LogP contribution in [-0.4, -0.2) is 24.0 Å². The molecule has 4 nitrogen and oxygen atoms in total. The second kappa shape index (κ2) is 4.33. The molecule has 1 aliphatic heterocycles. The van der Waals surface area contributed by atoms with Gasteiger partial charge in [0.1, 0.15) is 5.69 Å². The van der Waals surface area contributed by atoms with Gasteiger partial charge in [-0.1, -0.05) is 0 Å². The summed E-state index contributed by atoms with van der Waals surface area (Å²) >= 11 is 0. The minimum atomic E-state index is -4.46. The third-order valence-electron chi connectivity index (χ3n) is 2.47. The van der Waals surface area contributed by atoms with Crippen LogP contribution in [0, 0.1) is 5.92 Å². The predicted molar refractivity (Wildman–Crippen MR) is 54.2 cm³/mol. The third-order valence-corrected chi connectivity index (χ3v) is 2.47. The number of aromatic nitrogens is 1. The molecule has 1 aromatic heterocycles. The number of nitrogens with zero attached hydrogens (tertiary/aromatic N) is 1. The summed E-state index contributed by atoms with van der Waals surface area (Å²) in [6.45, 7) is 1.19. The number of carbonyl (C=O) groups excluding carboxylic acids is 1. The molecule has 1 saturated heterocycles. The second-order valence-electron chi connectivity index (χ2n) is 3.77. The first-order valence-electron chi connectivity index (χ1n) is 5.01. The maximum absolute atomic E-state index is 12.2. The fourth-order valence-corrected chi connectivity index (χ4v) is 1.35. The molecular formula is C10H10F3N3O. The Bertz CT molecular complexity index is 412. The molecule has 0 spiro atoms. The lowest BCUT2D eigenvalue weighted by Crippen LogP contribution is -2.48. The van der Waals surface area contributed by atoms with Crippen molar-refractivity contribution in [3.8, 4) is 0 Å². The molecule has 0 aliphatic carbocycles. The van der Waals surface area contributed by atoms with Crippen molar-refractivity contribution in [2.45, 2.75) is 6.18 Å². The summed E-state index contributed by atoms with van der Waals surface area (Å²) in [6, 6.07) is 2.04. The number of hydrogen-bond acceptors (Lipinski definition) is 3. The monoisotopic (exact) mass is 245 g/mol. The fourth-order valence-electron chi connectivity index (χ4n) is 1.35. The maximum atomic E-state index is 12.2. The third kappa shape index (κ3) is 2.73. The molecule has 92 valence electrons. The van der Waals surface area contributed by atoms with Crippen LogP contribution < -0.4 is 10.6 Å². The van der Waals surface area contributed by atoms with Crippen LogP contribution in [0.3, 0.4) is 0 Å². The highest BCUT2D eigenvalue weighted by Gasteiger charge is 2.32. The molecule has 2 heterocycles. The summed E-state index contributed by atoms with van der Waals surface area (Å²) in [5, 5.41) is 5.45. The van der Waals surface area contributed by atoms with Gasteiger partial charge in [0, 0.05) is 13.1 Å². The first kappa shape index (κ1) is 11.8. The molecule has 0 atom stereocenters. The van der Waals surface area contributed by atoms with Gasteiger partial charge in [-0.05, 0) is 12.1 Å². The average Bonchev–Trinajstić information content (AvgIpc) is 2.13. The summed E-state index contributed by atoms with van der Waals surface area (Å²) in [4.78, 5) is 14.7. The van der Waals surface area contributed by atoms with E-state index in [-0.39, 0.29) is 17.5 Å². The number of amides is 1. The molecule has 1 aromatic rings. The van der Waals surface area contributed by atoms with Crippen molar-refractivity contribution in [1.82, 2.24) is 10.3 Å². The lowest BCUT2D eigenvalue weighted by atomic mass is 10.0. The van der Waals surface area contributed by atoms with E-state index in [0.717, 1.165) is 12.3 Å². The topological polar surface area (TPSA) is 54.0 Å². The van der Waals surface area contributed by atoms with E-state index in [1.165, 1.54) is 6.07 Å². The number of alkyl halides is 3. The van der Waals surface area contributed by atoms with E-state index in [4.69, 9.17) is 0 Å². The number of hydrogen-bond donors (Lipinski definition) is 2. The van der Waals surface area contributed by atoms with Gasteiger partial charge >= 0.3 is 6.18 Å². The Hall–Kier alpha value is -1.63. The molecular weight excluding hydrogens is 235 g/mol. The van der Waals surface area contributed by atoms with Gasteiger partial charge in [0.25, 0.3) is 0 Å².